The van der Waals surface area contributed by atoms with E-state index in [2.05, 4.69) is 21.2 Å². The number of hydrogen-bond acceptors (Lipinski definition) is 2. The van der Waals surface area contributed by atoms with E-state index in [1.165, 1.54) is 6.07 Å². The number of fused-ring (bicyclic) bond motifs is 1. The molecule has 18 heavy (non-hydrogen) atoms. The molecule has 1 atom stereocenters. The zero-order chi connectivity index (χ0) is 12.5. The van der Waals surface area contributed by atoms with E-state index in [9.17, 15) is 4.39 Å². The molecular weight excluding hydrogens is 297 g/mol. The quantitative estimate of drug-likeness (QED) is 0.872. The highest BCUT2D eigenvalue weighted by atomic mass is 79.9. The normalized spacial score (nSPS) is 18.4. The molecule has 3 rings (SSSR count). The van der Waals surface area contributed by atoms with E-state index in [4.69, 9.17) is 4.42 Å². The summed E-state index contributed by atoms with van der Waals surface area (Å²) in [5, 5.41) is 3.26. The smallest absolute Gasteiger partial charge is 0.147 e. The summed E-state index contributed by atoms with van der Waals surface area (Å²) in [5.41, 5.74) is 1.70. The highest BCUT2D eigenvalue weighted by Gasteiger charge is 2.23. The predicted octanol–water partition coefficient (Wildman–Crippen LogP) is 4.67. The van der Waals surface area contributed by atoms with Crippen LogP contribution in [-0.4, -0.2) is 0 Å². The van der Waals surface area contributed by atoms with Gasteiger partial charge in [-0.25, -0.2) is 4.39 Å². The molecule has 1 heterocycles. The summed E-state index contributed by atoms with van der Waals surface area (Å²) in [6.07, 6.45) is 4.75. The van der Waals surface area contributed by atoms with Crippen LogP contribution in [0.1, 0.15) is 30.2 Å². The Morgan fingerprint density at radius 1 is 1.33 bits per heavy atom. The topological polar surface area (TPSA) is 25.2 Å². The zero-order valence-electron chi connectivity index (χ0n) is 9.75. The molecule has 1 aliphatic rings. The van der Waals surface area contributed by atoms with Gasteiger partial charge in [0.25, 0.3) is 0 Å². The van der Waals surface area contributed by atoms with Crippen LogP contribution < -0.4 is 5.32 Å². The summed E-state index contributed by atoms with van der Waals surface area (Å²) in [5.74, 6) is 0.788. The average Bonchev–Trinajstić information content (AvgIpc) is 2.82. The molecule has 1 unspecified atom stereocenters. The van der Waals surface area contributed by atoms with E-state index in [0.29, 0.717) is 5.69 Å². The predicted molar refractivity (Wildman–Crippen MR) is 72.1 cm³/mol. The van der Waals surface area contributed by atoms with E-state index in [-0.39, 0.29) is 11.9 Å². The maximum Gasteiger partial charge on any atom is 0.147 e. The standard InChI is InChI=1S/C14H13BrFNO/c15-9-4-5-13(11(16)8-9)17-12-2-1-3-14-10(12)6-7-18-14/h4-8,12,17H,1-3H2. The van der Waals surface area contributed by atoms with Gasteiger partial charge in [-0.1, -0.05) is 15.9 Å². The van der Waals surface area contributed by atoms with E-state index in [1.54, 1.807) is 12.3 Å². The van der Waals surface area contributed by atoms with Crippen LogP contribution in [0.5, 0.6) is 0 Å². The second-order valence-electron chi connectivity index (χ2n) is 4.51. The average molecular weight is 310 g/mol. The molecule has 0 bridgehead atoms. The first-order valence-electron chi connectivity index (χ1n) is 6.02. The lowest BCUT2D eigenvalue weighted by molar-refractivity contribution is 0.460. The first kappa shape index (κ1) is 11.8. The van der Waals surface area contributed by atoms with Gasteiger partial charge in [0, 0.05) is 16.5 Å². The Balaban J connectivity index is 1.86. The Hall–Kier alpha value is -1.29. The fourth-order valence-electron chi connectivity index (χ4n) is 2.43. The minimum absolute atomic E-state index is 0.142. The van der Waals surface area contributed by atoms with Crippen molar-refractivity contribution >= 4 is 21.6 Å². The fraction of sp³-hybridized carbons (Fsp3) is 0.286. The van der Waals surface area contributed by atoms with Gasteiger partial charge in [0.05, 0.1) is 18.0 Å². The van der Waals surface area contributed by atoms with Crippen molar-refractivity contribution in [2.24, 2.45) is 0 Å². The number of furan rings is 1. The van der Waals surface area contributed by atoms with Gasteiger partial charge in [0.2, 0.25) is 0 Å². The first-order chi connectivity index (χ1) is 8.74. The number of halogens is 2. The minimum atomic E-state index is -0.236. The van der Waals surface area contributed by atoms with Crippen LogP contribution in [0.15, 0.2) is 39.4 Å². The van der Waals surface area contributed by atoms with Crippen molar-refractivity contribution in [2.45, 2.75) is 25.3 Å². The molecule has 0 saturated carbocycles. The van der Waals surface area contributed by atoms with Crippen molar-refractivity contribution in [3.05, 3.63) is 52.1 Å². The van der Waals surface area contributed by atoms with Crippen LogP contribution in [-0.2, 0) is 6.42 Å². The zero-order valence-corrected chi connectivity index (χ0v) is 11.3. The highest BCUT2D eigenvalue weighted by molar-refractivity contribution is 9.10. The van der Waals surface area contributed by atoms with E-state index >= 15 is 0 Å². The van der Waals surface area contributed by atoms with E-state index in [0.717, 1.165) is 35.1 Å². The maximum atomic E-state index is 13.8. The monoisotopic (exact) mass is 309 g/mol. The van der Waals surface area contributed by atoms with Gasteiger partial charge in [-0.15, -0.1) is 0 Å². The molecule has 0 aliphatic heterocycles. The Morgan fingerprint density at radius 3 is 3.06 bits per heavy atom. The van der Waals surface area contributed by atoms with Gasteiger partial charge in [-0.3, -0.25) is 0 Å². The summed E-state index contributed by atoms with van der Waals surface area (Å²) in [4.78, 5) is 0. The Morgan fingerprint density at radius 2 is 2.22 bits per heavy atom. The largest absolute Gasteiger partial charge is 0.469 e. The maximum absolute atomic E-state index is 13.8. The number of rotatable bonds is 2. The van der Waals surface area contributed by atoms with Crippen molar-refractivity contribution in [1.29, 1.82) is 0 Å². The Bertz CT molecular complexity index is 567. The molecule has 2 aromatic rings. The molecule has 4 heteroatoms. The second kappa shape index (κ2) is 4.76. The molecular formula is C14H13BrFNO. The van der Waals surface area contributed by atoms with Crippen molar-refractivity contribution < 1.29 is 8.81 Å². The van der Waals surface area contributed by atoms with Crippen molar-refractivity contribution in [2.75, 3.05) is 5.32 Å². The van der Waals surface area contributed by atoms with E-state index in [1.807, 2.05) is 12.1 Å². The van der Waals surface area contributed by atoms with Crippen molar-refractivity contribution in [1.82, 2.24) is 0 Å². The van der Waals surface area contributed by atoms with Crippen LogP contribution >= 0.6 is 15.9 Å². The Labute approximate surface area is 113 Å². The third kappa shape index (κ3) is 2.17. The number of benzene rings is 1. The molecule has 0 fully saturated rings. The van der Waals surface area contributed by atoms with Crippen LogP contribution in [0.25, 0.3) is 0 Å². The molecule has 0 spiro atoms. The SMILES string of the molecule is Fc1cc(Br)ccc1NC1CCCc2occc21. The lowest BCUT2D eigenvalue weighted by Crippen LogP contribution is -2.16. The van der Waals surface area contributed by atoms with Crippen LogP contribution in [0, 0.1) is 5.82 Å². The second-order valence-corrected chi connectivity index (χ2v) is 5.43. The third-order valence-electron chi connectivity index (χ3n) is 3.31. The van der Waals surface area contributed by atoms with Crippen molar-refractivity contribution in [3.63, 3.8) is 0 Å². The molecule has 1 N–H and O–H groups in total. The van der Waals surface area contributed by atoms with Gasteiger partial charge >= 0.3 is 0 Å². The van der Waals surface area contributed by atoms with Gasteiger partial charge in [-0.05, 0) is 37.1 Å². The number of nitrogens with one attached hydrogen (secondary N) is 1. The molecule has 0 saturated heterocycles. The van der Waals surface area contributed by atoms with Crippen LogP contribution in [0.3, 0.4) is 0 Å². The van der Waals surface area contributed by atoms with Gasteiger partial charge < -0.3 is 9.73 Å². The molecule has 2 nitrogen and oxygen atoms in total. The van der Waals surface area contributed by atoms with Gasteiger partial charge in [0.1, 0.15) is 11.6 Å². The Kier molecular flexibility index (Phi) is 3.12. The molecule has 1 aromatic carbocycles. The molecule has 0 radical (unpaired) electrons. The minimum Gasteiger partial charge on any atom is -0.469 e. The van der Waals surface area contributed by atoms with Gasteiger partial charge in [-0.2, -0.15) is 0 Å². The summed E-state index contributed by atoms with van der Waals surface area (Å²) >= 11 is 3.26. The number of aryl methyl sites for hydroxylation is 1. The summed E-state index contributed by atoms with van der Waals surface area (Å²) in [6, 6.07) is 7.19. The van der Waals surface area contributed by atoms with Crippen molar-refractivity contribution in [3.8, 4) is 0 Å². The van der Waals surface area contributed by atoms with E-state index < -0.39 is 0 Å². The highest BCUT2D eigenvalue weighted by Crippen LogP contribution is 2.34. The molecule has 0 amide bonds. The molecule has 1 aliphatic carbocycles. The molecule has 1 aromatic heterocycles. The van der Waals surface area contributed by atoms with Gasteiger partial charge in [0.15, 0.2) is 0 Å². The fourth-order valence-corrected chi connectivity index (χ4v) is 2.76. The third-order valence-corrected chi connectivity index (χ3v) is 3.81. The first-order valence-corrected chi connectivity index (χ1v) is 6.81. The van der Waals surface area contributed by atoms with Crippen LogP contribution in [0.2, 0.25) is 0 Å². The summed E-state index contributed by atoms with van der Waals surface area (Å²) in [6.45, 7) is 0. The number of hydrogen-bond donors (Lipinski definition) is 1. The number of anilines is 1. The molecule has 94 valence electrons. The summed E-state index contributed by atoms with van der Waals surface area (Å²) in [7, 11) is 0. The lowest BCUT2D eigenvalue weighted by Gasteiger charge is -2.24. The lowest BCUT2D eigenvalue weighted by atomic mass is 9.93. The van der Waals surface area contributed by atoms with Crippen LogP contribution in [0.4, 0.5) is 10.1 Å². The summed E-state index contributed by atoms with van der Waals surface area (Å²) < 4.78 is 20.0.